The van der Waals surface area contributed by atoms with Crippen molar-refractivity contribution in [1.82, 2.24) is 4.31 Å². The molecule has 0 radical (unpaired) electrons. The largest absolute Gasteiger partial charge is 0.399 e. The molecule has 106 valence electrons. The van der Waals surface area contributed by atoms with Gasteiger partial charge in [-0.15, -0.1) is 0 Å². The number of benzene rings is 1. The Hall–Kier alpha value is -1.18. The van der Waals surface area contributed by atoms with Gasteiger partial charge in [-0.1, -0.05) is 6.92 Å². The van der Waals surface area contributed by atoms with Crippen LogP contribution in [0.15, 0.2) is 23.1 Å². The fourth-order valence-electron chi connectivity index (χ4n) is 2.41. The van der Waals surface area contributed by atoms with Crippen LogP contribution in [0.4, 0.5) is 10.1 Å². The Bertz CT molecular complexity index is 556. The van der Waals surface area contributed by atoms with Gasteiger partial charge in [0, 0.05) is 12.2 Å². The molecule has 5 nitrogen and oxygen atoms in total. The maximum atomic E-state index is 13.3. The van der Waals surface area contributed by atoms with Crippen molar-refractivity contribution >= 4 is 15.7 Å². The SMILES string of the molecule is CC1CCN(S(=O)(=O)c2cc(N)cc(F)c2)C1CO. The van der Waals surface area contributed by atoms with Crippen molar-refractivity contribution < 1.29 is 17.9 Å². The lowest BCUT2D eigenvalue weighted by Gasteiger charge is -2.24. The molecule has 1 heterocycles. The third kappa shape index (κ3) is 2.58. The first-order valence-electron chi connectivity index (χ1n) is 6.05. The molecule has 1 fully saturated rings. The maximum absolute atomic E-state index is 13.3. The molecule has 2 unspecified atom stereocenters. The highest BCUT2D eigenvalue weighted by Gasteiger charge is 2.39. The summed E-state index contributed by atoms with van der Waals surface area (Å²) in [5.41, 5.74) is 5.54. The third-order valence-electron chi connectivity index (χ3n) is 3.52. The predicted octanol–water partition coefficient (Wildman–Crippen LogP) is 0.799. The van der Waals surface area contributed by atoms with Crippen LogP contribution in [0, 0.1) is 11.7 Å². The molecular formula is C12H17FN2O3S. The summed E-state index contributed by atoms with van der Waals surface area (Å²) in [6.07, 6.45) is 0.676. The van der Waals surface area contributed by atoms with E-state index in [1.54, 1.807) is 0 Å². The van der Waals surface area contributed by atoms with E-state index in [2.05, 4.69) is 0 Å². The van der Waals surface area contributed by atoms with Gasteiger partial charge in [0.25, 0.3) is 0 Å². The minimum Gasteiger partial charge on any atom is -0.399 e. The van der Waals surface area contributed by atoms with Crippen LogP contribution in [0.25, 0.3) is 0 Å². The van der Waals surface area contributed by atoms with Crippen molar-refractivity contribution in [3.05, 3.63) is 24.0 Å². The number of nitrogens with zero attached hydrogens (tertiary/aromatic N) is 1. The summed E-state index contributed by atoms with van der Waals surface area (Å²) >= 11 is 0. The summed E-state index contributed by atoms with van der Waals surface area (Å²) in [7, 11) is -3.82. The maximum Gasteiger partial charge on any atom is 0.243 e. The Kier molecular flexibility index (Phi) is 3.80. The van der Waals surface area contributed by atoms with Gasteiger partial charge in [-0.05, 0) is 30.5 Å². The molecule has 7 heteroatoms. The lowest BCUT2D eigenvalue weighted by molar-refractivity contribution is 0.191. The van der Waals surface area contributed by atoms with Crippen molar-refractivity contribution in [3.63, 3.8) is 0 Å². The molecule has 1 aromatic carbocycles. The van der Waals surface area contributed by atoms with Gasteiger partial charge in [0.1, 0.15) is 5.82 Å². The van der Waals surface area contributed by atoms with Crippen LogP contribution in [0.2, 0.25) is 0 Å². The summed E-state index contributed by atoms with van der Waals surface area (Å²) < 4.78 is 39.4. The first-order chi connectivity index (χ1) is 8.86. The Morgan fingerprint density at radius 2 is 2.16 bits per heavy atom. The number of anilines is 1. The highest BCUT2D eigenvalue weighted by molar-refractivity contribution is 7.89. The number of aliphatic hydroxyl groups excluding tert-OH is 1. The zero-order valence-electron chi connectivity index (χ0n) is 10.6. The Morgan fingerprint density at radius 1 is 1.47 bits per heavy atom. The number of hydrogen-bond acceptors (Lipinski definition) is 4. The van der Waals surface area contributed by atoms with Gasteiger partial charge in [-0.2, -0.15) is 4.31 Å². The van der Waals surface area contributed by atoms with Crippen LogP contribution >= 0.6 is 0 Å². The van der Waals surface area contributed by atoms with Gasteiger partial charge < -0.3 is 10.8 Å². The third-order valence-corrected chi connectivity index (χ3v) is 5.42. The lowest BCUT2D eigenvalue weighted by atomic mass is 10.0. The second kappa shape index (κ2) is 5.07. The number of nitrogens with two attached hydrogens (primary N) is 1. The highest BCUT2D eigenvalue weighted by atomic mass is 32.2. The summed E-state index contributed by atoms with van der Waals surface area (Å²) in [5.74, 6) is -0.614. The van der Waals surface area contributed by atoms with Crippen LogP contribution < -0.4 is 5.73 Å². The van der Waals surface area contributed by atoms with Gasteiger partial charge in [0.15, 0.2) is 0 Å². The molecule has 0 aliphatic carbocycles. The smallest absolute Gasteiger partial charge is 0.243 e. The average molecular weight is 288 g/mol. The Labute approximate surface area is 111 Å². The summed E-state index contributed by atoms with van der Waals surface area (Å²) in [6.45, 7) is 1.96. The van der Waals surface area contributed by atoms with E-state index in [1.165, 1.54) is 10.4 Å². The van der Waals surface area contributed by atoms with Crippen molar-refractivity contribution in [2.24, 2.45) is 5.92 Å². The van der Waals surface area contributed by atoms with Crippen molar-refractivity contribution in [2.45, 2.75) is 24.3 Å². The van der Waals surface area contributed by atoms with E-state index in [-0.39, 0.29) is 23.1 Å². The normalized spacial score (nSPS) is 24.8. The van der Waals surface area contributed by atoms with E-state index in [9.17, 15) is 17.9 Å². The van der Waals surface area contributed by atoms with Gasteiger partial charge in [0.2, 0.25) is 10.0 Å². The minimum atomic E-state index is -3.82. The number of hydrogen-bond donors (Lipinski definition) is 2. The molecular weight excluding hydrogens is 271 g/mol. The zero-order valence-corrected chi connectivity index (χ0v) is 11.4. The molecule has 3 N–H and O–H groups in total. The second-order valence-electron chi connectivity index (χ2n) is 4.85. The van der Waals surface area contributed by atoms with Crippen LogP contribution in [0.3, 0.4) is 0 Å². The first kappa shape index (κ1) is 14.2. The molecule has 0 amide bonds. The molecule has 0 saturated carbocycles. The molecule has 1 aliphatic heterocycles. The number of rotatable bonds is 3. The van der Waals surface area contributed by atoms with E-state index in [4.69, 9.17) is 5.73 Å². The number of aliphatic hydroxyl groups is 1. The molecule has 0 spiro atoms. The first-order valence-corrected chi connectivity index (χ1v) is 7.49. The average Bonchev–Trinajstić information content (AvgIpc) is 2.69. The molecule has 1 aromatic rings. The van der Waals surface area contributed by atoms with Crippen LogP contribution in [-0.2, 0) is 10.0 Å². The molecule has 1 aliphatic rings. The minimum absolute atomic E-state index is 0.0615. The molecule has 2 atom stereocenters. The fraction of sp³-hybridized carbons (Fsp3) is 0.500. The highest BCUT2D eigenvalue weighted by Crippen LogP contribution is 2.30. The Balaban J connectivity index is 2.42. The monoisotopic (exact) mass is 288 g/mol. The lowest BCUT2D eigenvalue weighted by Crippen LogP contribution is -2.39. The van der Waals surface area contributed by atoms with Crippen LogP contribution in [-0.4, -0.2) is 37.0 Å². The molecule has 2 rings (SSSR count). The van der Waals surface area contributed by atoms with Crippen LogP contribution in [0.5, 0.6) is 0 Å². The number of nitrogen functional groups attached to an aromatic ring is 1. The van der Waals surface area contributed by atoms with Gasteiger partial charge >= 0.3 is 0 Å². The van der Waals surface area contributed by atoms with E-state index in [0.717, 1.165) is 12.1 Å². The van der Waals surface area contributed by atoms with Gasteiger partial charge in [0.05, 0.1) is 17.5 Å². The van der Waals surface area contributed by atoms with Crippen molar-refractivity contribution in [1.29, 1.82) is 0 Å². The predicted molar refractivity (Wildman–Crippen MR) is 69.4 cm³/mol. The second-order valence-corrected chi connectivity index (χ2v) is 6.74. The zero-order chi connectivity index (χ0) is 14.2. The Morgan fingerprint density at radius 3 is 2.74 bits per heavy atom. The van der Waals surface area contributed by atoms with E-state index in [0.29, 0.717) is 13.0 Å². The topological polar surface area (TPSA) is 83.6 Å². The molecule has 1 saturated heterocycles. The van der Waals surface area contributed by atoms with E-state index < -0.39 is 21.9 Å². The van der Waals surface area contributed by atoms with Crippen molar-refractivity contribution in [2.75, 3.05) is 18.9 Å². The van der Waals surface area contributed by atoms with Gasteiger partial charge in [-0.25, -0.2) is 12.8 Å². The molecule has 0 bridgehead atoms. The van der Waals surface area contributed by atoms with Crippen LogP contribution in [0.1, 0.15) is 13.3 Å². The summed E-state index contributed by atoms with van der Waals surface area (Å²) in [6, 6.07) is 2.78. The van der Waals surface area contributed by atoms with Gasteiger partial charge in [-0.3, -0.25) is 0 Å². The molecule has 0 aromatic heterocycles. The quantitative estimate of drug-likeness (QED) is 0.806. The fourth-order valence-corrected chi connectivity index (χ4v) is 4.21. The van der Waals surface area contributed by atoms with E-state index >= 15 is 0 Å². The van der Waals surface area contributed by atoms with Crippen molar-refractivity contribution in [3.8, 4) is 0 Å². The molecule has 19 heavy (non-hydrogen) atoms. The summed E-state index contributed by atoms with van der Waals surface area (Å²) in [5, 5.41) is 9.32. The standard InChI is InChI=1S/C12H17FN2O3S/c1-8-2-3-15(12(8)7-16)19(17,18)11-5-9(13)4-10(14)6-11/h4-6,8,12,16H,2-3,7,14H2,1H3. The van der Waals surface area contributed by atoms with E-state index in [1.807, 2.05) is 6.92 Å². The number of sulfonamides is 1. The summed E-state index contributed by atoms with van der Waals surface area (Å²) in [4.78, 5) is -0.169. The number of halogens is 1.